The molecule has 33 heavy (non-hydrogen) atoms. The Hall–Kier alpha value is -2.04. The van der Waals surface area contributed by atoms with Crippen LogP contribution in [0.3, 0.4) is 0 Å². The number of hydrogen-bond donors (Lipinski definition) is 1. The number of nitrogens with zero attached hydrogens (tertiary/aromatic N) is 2. The lowest BCUT2D eigenvalue weighted by Crippen LogP contribution is -2.57. The third-order valence-electron chi connectivity index (χ3n) is 5.71. The van der Waals surface area contributed by atoms with Crippen molar-refractivity contribution in [3.8, 4) is 0 Å². The Bertz CT molecular complexity index is 930. The first-order chi connectivity index (χ1) is 15.1. The highest BCUT2D eigenvalue weighted by Crippen LogP contribution is 2.37. The van der Waals surface area contributed by atoms with Gasteiger partial charge in [-0.1, -0.05) is 11.6 Å². The topological polar surface area (TPSA) is 79.3 Å². The van der Waals surface area contributed by atoms with Crippen LogP contribution < -0.4 is 0 Å². The molecule has 2 heterocycles. The van der Waals surface area contributed by atoms with Crippen molar-refractivity contribution in [1.29, 1.82) is 0 Å². The van der Waals surface area contributed by atoms with Crippen LogP contribution in [0, 0.1) is 0 Å². The summed E-state index contributed by atoms with van der Waals surface area (Å²) < 4.78 is 50.8. The molecule has 0 radical (unpaired) electrons. The minimum Gasteiger partial charge on any atom is -0.444 e. The van der Waals surface area contributed by atoms with Gasteiger partial charge in [-0.2, -0.15) is 13.2 Å². The lowest BCUT2D eigenvalue weighted by atomic mass is 9.89. The van der Waals surface area contributed by atoms with Gasteiger partial charge in [0.25, 0.3) is 5.91 Å². The summed E-state index contributed by atoms with van der Waals surface area (Å²) in [5.41, 5.74) is -2.30. The number of halogens is 4. The molecular formula is C22H28ClF3N2O5. The van der Waals surface area contributed by atoms with Gasteiger partial charge in [0.1, 0.15) is 5.60 Å². The molecule has 2 amide bonds. The van der Waals surface area contributed by atoms with Crippen LogP contribution in [0.15, 0.2) is 12.1 Å². The molecule has 0 aromatic heterocycles. The van der Waals surface area contributed by atoms with E-state index in [4.69, 9.17) is 21.1 Å². The van der Waals surface area contributed by atoms with Gasteiger partial charge in [-0.3, -0.25) is 9.69 Å². The van der Waals surface area contributed by atoms with Gasteiger partial charge in [-0.15, -0.1) is 0 Å². The number of rotatable bonds is 2. The van der Waals surface area contributed by atoms with Crippen molar-refractivity contribution in [3.63, 3.8) is 0 Å². The maximum absolute atomic E-state index is 13.2. The molecule has 0 spiro atoms. The zero-order valence-electron chi connectivity index (χ0n) is 19.0. The third kappa shape index (κ3) is 5.38. The van der Waals surface area contributed by atoms with E-state index >= 15 is 0 Å². The monoisotopic (exact) mass is 492 g/mol. The maximum Gasteiger partial charge on any atom is 0.426 e. The van der Waals surface area contributed by atoms with E-state index in [0.717, 1.165) is 10.5 Å². The number of carbonyl (C=O) groups excluding carboxylic acids is 2. The zero-order valence-corrected chi connectivity index (χ0v) is 19.7. The van der Waals surface area contributed by atoms with Crippen LogP contribution in [0.25, 0.3) is 0 Å². The van der Waals surface area contributed by atoms with Crippen LogP contribution in [-0.2, 0) is 27.2 Å². The molecule has 0 bridgehead atoms. The number of aliphatic hydroxyl groups is 1. The van der Waals surface area contributed by atoms with Gasteiger partial charge in [-0.05, 0) is 62.9 Å². The number of alkyl halides is 3. The first-order valence-electron chi connectivity index (χ1n) is 10.6. The molecule has 1 unspecified atom stereocenters. The molecule has 0 saturated carbocycles. The van der Waals surface area contributed by atoms with Gasteiger partial charge in [0.2, 0.25) is 5.60 Å². The normalized spacial score (nSPS) is 21.3. The van der Waals surface area contributed by atoms with Crippen LogP contribution in [0.5, 0.6) is 0 Å². The summed E-state index contributed by atoms with van der Waals surface area (Å²) in [6, 6.07) is 2.73. The van der Waals surface area contributed by atoms with Crippen LogP contribution in [0.2, 0.25) is 5.02 Å². The Morgan fingerprint density at radius 2 is 1.85 bits per heavy atom. The molecule has 1 aromatic carbocycles. The molecule has 1 fully saturated rings. The molecule has 11 heteroatoms. The summed E-state index contributed by atoms with van der Waals surface area (Å²) >= 11 is 6.32. The van der Waals surface area contributed by atoms with Crippen LogP contribution in [0.1, 0.15) is 50.4 Å². The Morgan fingerprint density at radius 1 is 1.18 bits per heavy atom. The molecule has 184 valence electrons. The van der Waals surface area contributed by atoms with Crippen molar-refractivity contribution >= 4 is 23.6 Å². The largest absolute Gasteiger partial charge is 0.444 e. The standard InChI is InChI=1S/C22H28ClF3N2O5/c1-20(2,3)33-19(30)28-7-8-32-12-17(28)15-10-14(23)9-13-5-6-27(11-16(13)15)18(29)21(4,31)22(24,25)26/h9-10,17,31H,5-8,11-12H2,1-4H3/t17-,21?/m0/s1. The molecular weight excluding hydrogens is 465 g/mol. The van der Waals surface area contributed by atoms with Crippen LogP contribution in [-0.4, -0.2) is 70.6 Å². The molecule has 1 aromatic rings. The average molecular weight is 493 g/mol. The Balaban J connectivity index is 1.96. The fourth-order valence-electron chi connectivity index (χ4n) is 3.96. The molecule has 3 rings (SSSR count). The Morgan fingerprint density at radius 3 is 2.45 bits per heavy atom. The second kappa shape index (κ2) is 8.96. The number of carbonyl (C=O) groups is 2. The summed E-state index contributed by atoms with van der Waals surface area (Å²) in [5, 5.41) is 10.3. The van der Waals surface area contributed by atoms with Crippen molar-refractivity contribution in [2.75, 3.05) is 26.3 Å². The molecule has 0 aliphatic carbocycles. The molecule has 2 aliphatic rings. The minimum atomic E-state index is -5.11. The highest BCUT2D eigenvalue weighted by molar-refractivity contribution is 6.30. The van der Waals surface area contributed by atoms with Gasteiger partial charge >= 0.3 is 12.3 Å². The minimum absolute atomic E-state index is 0.00517. The van der Waals surface area contributed by atoms with Gasteiger partial charge in [-0.25, -0.2) is 4.79 Å². The summed E-state index contributed by atoms with van der Waals surface area (Å²) in [7, 11) is 0. The van der Waals surface area contributed by atoms with Crippen molar-refractivity contribution in [2.24, 2.45) is 0 Å². The predicted octanol–water partition coefficient (Wildman–Crippen LogP) is 3.85. The van der Waals surface area contributed by atoms with E-state index in [0.29, 0.717) is 29.7 Å². The van der Waals surface area contributed by atoms with Crippen molar-refractivity contribution in [1.82, 2.24) is 9.80 Å². The second-order valence-electron chi connectivity index (χ2n) is 9.44. The lowest BCUT2D eigenvalue weighted by Gasteiger charge is -2.40. The van der Waals surface area contributed by atoms with Crippen molar-refractivity contribution < 1.29 is 37.3 Å². The van der Waals surface area contributed by atoms with E-state index in [1.54, 1.807) is 32.9 Å². The molecule has 1 saturated heterocycles. The first kappa shape index (κ1) is 25.6. The third-order valence-corrected chi connectivity index (χ3v) is 5.93. The molecule has 7 nitrogen and oxygen atoms in total. The van der Waals surface area contributed by atoms with Crippen LogP contribution >= 0.6 is 11.6 Å². The SMILES string of the molecule is CC(C)(C)OC(=O)N1CCOC[C@H]1c1cc(Cl)cc2c1CN(C(=O)C(C)(O)C(F)(F)F)CC2. The summed E-state index contributed by atoms with van der Waals surface area (Å²) in [4.78, 5) is 27.9. The average Bonchev–Trinajstić information content (AvgIpc) is 2.70. The highest BCUT2D eigenvalue weighted by Gasteiger charge is 2.57. The van der Waals surface area contributed by atoms with Crippen molar-refractivity contribution in [2.45, 2.75) is 64.1 Å². The smallest absolute Gasteiger partial charge is 0.426 e. The fourth-order valence-corrected chi connectivity index (χ4v) is 4.21. The fraction of sp³-hybridized carbons (Fsp3) is 0.636. The van der Waals surface area contributed by atoms with Gasteiger partial charge < -0.3 is 19.5 Å². The number of benzene rings is 1. The molecule has 1 N–H and O–H groups in total. The van der Waals surface area contributed by atoms with Gasteiger partial charge in [0.05, 0.1) is 19.3 Å². The maximum atomic E-state index is 13.2. The first-order valence-corrected chi connectivity index (χ1v) is 11.0. The van der Waals surface area contributed by atoms with E-state index in [-0.39, 0.29) is 32.7 Å². The molecule has 2 atom stereocenters. The van der Waals surface area contributed by atoms with Crippen LogP contribution in [0.4, 0.5) is 18.0 Å². The second-order valence-corrected chi connectivity index (χ2v) is 9.88. The van der Waals surface area contributed by atoms with E-state index in [1.165, 1.54) is 4.90 Å². The number of amides is 2. The lowest BCUT2D eigenvalue weighted by molar-refractivity contribution is -0.250. The van der Waals surface area contributed by atoms with Gasteiger partial charge in [0, 0.05) is 24.7 Å². The van der Waals surface area contributed by atoms with Gasteiger partial charge in [0.15, 0.2) is 0 Å². The number of fused-ring (bicyclic) bond motifs is 1. The van der Waals surface area contributed by atoms with E-state index in [9.17, 15) is 27.9 Å². The summed E-state index contributed by atoms with van der Waals surface area (Å²) in [5.74, 6) is -1.43. The zero-order chi connectivity index (χ0) is 24.8. The summed E-state index contributed by atoms with van der Waals surface area (Å²) in [6.07, 6.45) is -5.41. The van der Waals surface area contributed by atoms with Crippen molar-refractivity contribution in [3.05, 3.63) is 33.8 Å². The highest BCUT2D eigenvalue weighted by atomic mass is 35.5. The number of morpholine rings is 1. The number of ether oxygens (including phenoxy) is 2. The molecule has 2 aliphatic heterocycles. The van der Waals surface area contributed by atoms with E-state index in [1.807, 2.05) is 0 Å². The van der Waals surface area contributed by atoms with E-state index < -0.39 is 35.4 Å². The predicted molar refractivity (Wildman–Crippen MR) is 114 cm³/mol. The Kier molecular flexibility index (Phi) is 6.94. The van der Waals surface area contributed by atoms with E-state index in [2.05, 4.69) is 0 Å². The number of hydrogen-bond acceptors (Lipinski definition) is 5. The quantitative estimate of drug-likeness (QED) is 0.678. The summed E-state index contributed by atoms with van der Waals surface area (Å²) in [6.45, 7) is 6.23. The Labute approximate surface area is 195 Å².